The van der Waals surface area contributed by atoms with Gasteiger partial charge in [0.25, 0.3) is 0 Å². The van der Waals surface area contributed by atoms with Crippen LogP contribution in [0.4, 0.5) is 10.5 Å². The molecule has 1 aromatic rings. The summed E-state index contributed by atoms with van der Waals surface area (Å²) < 4.78 is 5.22. The number of likely N-dealkylation sites (tertiary alicyclic amines) is 1. The average Bonchev–Trinajstić information content (AvgIpc) is 3.06. The van der Waals surface area contributed by atoms with Gasteiger partial charge in [0, 0.05) is 31.3 Å². The number of methoxy groups -OCH3 is 1. The van der Waals surface area contributed by atoms with Crippen molar-refractivity contribution >= 4 is 17.6 Å². The van der Waals surface area contributed by atoms with Crippen molar-refractivity contribution in [3.63, 3.8) is 0 Å². The monoisotopic (exact) mass is 374 g/mol. The van der Waals surface area contributed by atoms with E-state index in [0.717, 1.165) is 18.7 Å². The second-order valence-corrected chi connectivity index (χ2v) is 7.26. The molecule has 2 aliphatic heterocycles. The third-order valence-corrected chi connectivity index (χ3v) is 5.21. The summed E-state index contributed by atoms with van der Waals surface area (Å²) in [6.07, 6.45) is 5.18. The first-order valence-electron chi connectivity index (χ1n) is 9.87. The summed E-state index contributed by atoms with van der Waals surface area (Å²) in [6.45, 7) is 4.52. The quantitative estimate of drug-likeness (QED) is 0.716. The highest BCUT2D eigenvalue weighted by molar-refractivity contribution is 5.97. The van der Waals surface area contributed by atoms with Crippen LogP contribution in [0, 0.1) is 0 Å². The van der Waals surface area contributed by atoms with Gasteiger partial charge in [-0.3, -0.25) is 4.79 Å². The first-order valence-corrected chi connectivity index (χ1v) is 9.87. The van der Waals surface area contributed by atoms with E-state index < -0.39 is 0 Å². The Labute approximate surface area is 161 Å². The van der Waals surface area contributed by atoms with Crippen LogP contribution in [0.25, 0.3) is 0 Å². The number of ether oxygens (including phenoxy) is 1. The minimum atomic E-state index is -0.195. The summed E-state index contributed by atoms with van der Waals surface area (Å²) in [5.74, 6) is 0.724. The third-order valence-electron chi connectivity index (χ3n) is 5.21. The molecule has 2 N–H and O–H groups in total. The second kappa shape index (κ2) is 9.60. The van der Waals surface area contributed by atoms with E-state index in [9.17, 15) is 9.59 Å². The van der Waals surface area contributed by atoms with Crippen molar-refractivity contribution in [2.75, 3.05) is 44.7 Å². The summed E-state index contributed by atoms with van der Waals surface area (Å²) in [5.41, 5.74) is 0.797. The largest absolute Gasteiger partial charge is 0.497 e. The van der Waals surface area contributed by atoms with Gasteiger partial charge in [-0.25, -0.2) is 4.79 Å². The molecule has 1 aromatic carbocycles. The summed E-state index contributed by atoms with van der Waals surface area (Å²) in [7, 11) is 1.60. The molecule has 0 aromatic heterocycles. The van der Waals surface area contributed by atoms with E-state index in [1.54, 1.807) is 12.0 Å². The topological polar surface area (TPSA) is 73.9 Å². The molecule has 3 amide bonds. The van der Waals surface area contributed by atoms with Crippen molar-refractivity contribution < 1.29 is 14.3 Å². The molecule has 2 fully saturated rings. The van der Waals surface area contributed by atoms with E-state index >= 15 is 0 Å². The average molecular weight is 374 g/mol. The van der Waals surface area contributed by atoms with Crippen LogP contribution in [0.5, 0.6) is 5.75 Å². The van der Waals surface area contributed by atoms with E-state index in [1.165, 1.54) is 32.4 Å². The lowest BCUT2D eigenvalue weighted by atomic mass is 10.1. The lowest BCUT2D eigenvalue weighted by Crippen LogP contribution is -2.44. The minimum Gasteiger partial charge on any atom is -0.497 e. The first-order chi connectivity index (χ1) is 13.2. The first kappa shape index (κ1) is 19.5. The molecule has 0 unspecified atom stereocenters. The van der Waals surface area contributed by atoms with Gasteiger partial charge in [0.15, 0.2) is 0 Å². The second-order valence-electron chi connectivity index (χ2n) is 7.26. The number of amides is 3. The lowest BCUT2D eigenvalue weighted by molar-refractivity contribution is -0.117. The number of carbonyl (C=O) groups is 2. The van der Waals surface area contributed by atoms with Crippen LogP contribution in [0.2, 0.25) is 0 Å². The fourth-order valence-electron chi connectivity index (χ4n) is 3.76. The number of anilines is 1. The Balaban J connectivity index is 1.39. The van der Waals surface area contributed by atoms with Gasteiger partial charge >= 0.3 is 6.03 Å². The molecule has 0 radical (unpaired) electrons. The maximum atomic E-state index is 12.3. The predicted octanol–water partition coefficient (Wildman–Crippen LogP) is 1.98. The lowest BCUT2D eigenvalue weighted by Gasteiger charge is -2.26. The SMILES string of the molecule is COc1cccc(N2C[C@@H](NC(=O)NCCCN3CCCCC3)CC2=O)c1. The van der Waals surface area contributed by atoms with Gasteiger partial charge in [-0.2, -0.15) is 0 Å². The molecule has 2 aliphatic rings. The summed E-state index contributed by atoms with van der Waals surface area (Å²) in [5, 5.41) is 5.83. The van der Waals surface area contributed by atoms with Crippen LogP contribution < -0.4 is 20.3 Å². The van der Waals surface area contributed by atoms with Crippen molar-refractivity contribution in [2.24, 2.45) is 0 Å². The summed E-state index contributed by atoms with van der Waals surface area (Å²) in [6, 6.07) is 7.04. The predicted molar refractivity (Wildman–Crippen MR) is 105 cm³/mol. The van der Waals surface area contributed by atoms with Gasteiger partial charge < -0.3 is 25.2 Å². The Morgan fingerprint density at radius 3 is 2.85 bits per heavy atom. The minimum absolute atomic E-state index is 0.0126. The zero-order valence-electron chi connectivity index (χ0n) is 16.1. The molecule has 148 valence electrons. The van der Waals surface area contributed by atoms with E-state index in [0.29, 0.717) is 25.3 Å². The molecule has 0 spiro atoms. The van der Waals surface area contributed by atoms with Gasteiger partial charge in [0.2, 0.25) is 5.91 Å². The highest BCUT2D eigenvalue weighted by Gasteiger charge is 2.31. The molecule has 0 saturated carbocycles. The Bertz CT molecular complexity index is 646. The number of rotatable bonds is 7. The zero-order valence-corrected chi connectivity index (χ0v) is 16.1. The van der Waals surface area contributed by atoms with Crippen molar-refractivity contribution in [1.29, 1.82) is 0 Å². The molecular weight excluding hydrogens is 344 g/mol. The zero-order chi connectivity index (χ0) is 19.1. The van der Waals surface area contributed by atoms with Crippen molar-refractivity contribution in [2.45, 2.75) is 38.1 Å². The highest BCUT2D eigenvalue weighted by atomic mass is 16.5. The van der Waals surface area contributed by atoms with Crippen molar-refractivity contribution in [1.82, 2.24) is 15.5 Å². The van der Waals surface area contributed by atoms with Gasteiger partial charge in [-0.1, -0.05) is 12.5 Å². The summed E-state index contributed by atoms with van der Waals surface area (Å²) >= 11 is 0. The Kier molecular flexibility index (Phi) is 6.92. The fraction of sp³-hybridized carbons (Fsp3) is 0.600. The van der Waals surface area contributed by atoms with Crippen LogP contribution in [0.1, 0.15) is 32.1 Å². The maximum absolute atomic E-state index is 12.3. The van der Waals surface area contributed by atoms with Gasteiger partial charge in [-0.15, -0.1) is 0 Å². The van der Waals surface area contributed by atoms with Crippen LogP contribution in [0.3, 0.4) is 0 Å². The smallest absolute Gasteiger partial charge is 0.315 e. The van der Waals surface area contributed by atoms with E-state index in [4.69, 9.17) is 4.74 Å². The number of carbonyl (C=O) groups excluding carboxylic acids is 2. The molecule has 2 saturated heterocycles. The third kappa shape index (κ3) is 5.60. The molecule has 2 heterocycles. The Morgan fingerprint density at radius 1 is 1.26 bits per heavy atom. The fourth-order valence-corrected chi connectivity index (χ4v) is 3.76. The number of hydrogen-bond acceptors (Lipinski definition) is 4. The van der Waals surface area contributed by atoms with E-state index in [-0.39, 0.29) is 18.0 Å². The molecule has 0 aliphatic carbocycles. The van der Waals surface area contributed by atoms with E-state index in [1.807, 2.05) is 24.3 Å². The standard InChI is InChI=1S/C20H30N4O3/c1-27-18-8-5-7-17(14-18)24-15-16(13-19(24)25)22-20(26)21-9-6-12-23-10-3-2-4-11-23/h5,7-8,14,16H,2-4,6,9-13,15H2,1H3,(H2,21,22,26)/t16-/m0/s1. The van der Waals surface area contributed by atoms with Crippen molar-refractivity contribution in [3.8, 4) is 5.75 Å². The van der Waals surface area contributed by atoms with Crippen molar-refractivity contribution in [3.05, 3.63) is 24.3 Å². The molecule has 3 rings (SSSR count). The molecule has 0 bridgehead atoms. The number of benzene rings is 1. The number of piperidine rings is 1. The highest BCUT2D eigenvalue weighted by Crippen LogP contribution is 2.25. The number of nitrogens with zero attached hydrogens (tertiary/aromatic N) is 2. The van der Waals surface area contributed by atoms with Crippen LogP contribution in [-0.2, 0) is 4.79 Å². The molecule has 1 atom stereocenters. The van der Waals surface area contributed by atoms with Gasteiger partial charge in [-0.05, 0) is 51.0 Å². The molecular formula is C20H30N4O3. The Morgan fingerprint density at radius 2 is 2.07 bits per heavy atom. The number of urea groups is 1. The van der Waals surface area contributed by atoms with Crippen LogP contribution in [-0.4, -0.2) is 62.7 Å². The van der Waals surface area contributed by atoms with Gasteiger partial charge in [0.1, 0.15) is 5.75 Å². The number of nitrogens with one attached hydrogen (secondary N) is 2. The maximum Gasteiger partial charge on any atom is 0.315 e. The Hall–Kier alpha value is -2.28. The normalized spacial score (nSPS) is 20.6. The van der Waals surface area contributed by atoms with Crippen LogP contribution >= 0.6 is 0 Å². The molecule has 7 nitrogen and oxygen atoms in total. The van der Waals surface area contributed by atoms with Gasteiger partial charge in [0.05, 0.1) is 13.2 Å². The summed E-state index contributed by atoms with van der Waals surface area (Å²) in [4.78, 5) is 28.6. The van der Waals surface area contributed by atoms with Crippen LogP contribution in [0.15, 0.2) is 24.3 Å². The number of hydrogen-bond donors (Lipinski definition) is 2. The molecule has 27 heavy (non-hydrogen) atoms. The van der Waals surface area contributed by atoms with E-state index in [2.05, 4.69) is 15.5 Å². The molecule has 7 heteroatoms.